The van der Waals surface area contributed by atoms with E-state index in [9.17, 15) is 35.1 Å². The Bertz CT molecular complexity index is 2310. The number of cyclic esters (lactones) is 2. The Morgan fingerprint density at radius 1 is 0.937 bits per heavy atom. The Morgan fingerprint density at radius 3 is 2.32 bits per heavy atom. The minimum absolute atomic E-state index is 0.0865. The number of nitrogens with zero attached hydrogens (tertiary/aromatic N) is 7. The third kappa shape index (κ3) is 14.6. The number of hydrogen-bond donors (Lipinski definition) is 5. The van der Waals surface area contributed by atoms with Crippen LogP contribution in [-0.2, 0) is 55.7 Å². The molecule has 1 amide bonds. The molecule has 22 nitrogen and oxygen atoms in total. The first kappa shape index (κ1) is 62.9. The minimum atomic E-state index is -1.85. The molecular formula is C56H92FN7O15. The number of benzene rings is 1. The van der Waals surface area contributed by atoms with Gasteiger partial charge in [-0.15, -0.1) is 5.10 Å². The Morgan fingerprint density at radius 2 is 1.65 bits per heavy atom. The van der Waals surface area contributed by atoms with Gasteiger partial charge >= 0.3 is 12.1 Å². The molecule has 2 aromatic rings. The normalized spacial score (nSPS) is 39.8. The molecular weight excluding hydrogens is 1030 g/mol. The lowest BCUT2D eigenvalue weighted by Gasteiger charge is -2.49. The van der Waals surface area contributed by atoms with E-state index in [2.05, 4.69) is 15.2 Å². The number of aromatic nitrogens is 3. The smallest absolute Gasteiger partial charge is 0.414 e. The molecule has 0 aliphatic carbocycles. The van der Waals surface area contributed by atoms with E-state index in [0.717, 1.165) is 5.69 Å². The molecule has 5 N–H and O–H groups in total. The summed E-state index contributed by atoms with van der Waals surface area (Å²) in [6.45, 7) is 21.1. The number of esters is 1. The van der Waals surface area contributed by atoms with E-state index in [1.165, 1.54) is 25.0 Å². The summed E-state index contributed by atoms with van der Waals surface area (Å²) < 4.78 is 66.3. The average Bonchev–Trinajstić information content (AvgIpc) is 4.04. The highest BCUT2D eigenvalue weighted by Gasteiger charge is 2.53. The highest BCUT2D eigenvalue weighted by Crippen LogP contribution is 2.41. The maximum absolute atomic E-state index is 15.2. The van der Waals surface area contributed by atoms with Crippen LogP contribution < -0.4 is 9.80 Å². The van der Waals surface area contributed by atoms with Gasteiger partial charge in [-0.3, -0.25) is 9.69 Å². The molecule has 5 aliphatic rings. The van der Waals surface area contributed by atoms with Gasteiger partial charge in [-0.1, -0.05) is 26.0 Å². The van der Waals surface area contributed by atoms with Crippen molar-refractivity contribution in [3.8, 4) is 0 Å². The van der Waals surface area contributed by atoms with Gasteiger partial charge in [-0.2, -0.15) is 0 Å². The Hall–Kier alpha value is -3.69. The summed E-state index contributed by atoms with van der Waals surface area (Å²) in [4.78, 5) is 34.8. The van der Waals surface area contributed by atoms with Crippen LogP contribution in [0.5, 0.6) is 0 Å². The summed E-state index contributed by atoms with van der Waals surface area (Å²) in [5.41, 5.74) is -2.98. The molecule has 5 aliphatic heterocycles. The summed E-state index contributed by atoms with van der Waals surface area (Å²) in [6, 6.07) is 3.74. The van der Waals surface area contributed by atoms with Crippen molar-refractivity contribution in [1.82, 2.24) is 24.8 Å². The molecule has 0 radical (unpaired) electrons. The number of aliphatic hydroxyl groups is 5. The number of methoxy groups -OCH3 is 1. The van der Waals surface area contributed by atoms with Crippen LogP contribution in [0, 0.1) is 23.6 Å². The Kier molecular flexibility index (Phi) is 20.9. The zero-order valence-corrected chi connectivity index (χ0v) is 48.8. The summed E-state index contributed by atoms with van der Waals surface area (Å²) in [5, 5.41) is 68.5. The number of amides is 1. The number of anilines is 2. The highest BCUT2D eigenvalue weighted by molar-refractivity contribution is 5.90. The number of hydrogen-bond acceptors (Lipinski definition) is 20. The topological polar surface area (TPSA) is 253 Å². The zero-order valence-electron chi connectivity index (χ0n) is 48.8. The molecule has 5 saturated heterocycles. The fraction of sp³-hybridized carbons (Fsp3) is 0.821. The standard InChI is InChI=1S/C56H92FN7O15/c1-14-44-56(10,71)48(66)36(6)61(12)28-32(2)26-54(8,70)50(34(4)47(35(5)51(68)77-44)78-45-27-55(9,72-13)49(67)37(7)75-45)79-52-46(65)43(24-33(3)74-52)60(11)19-15-16-38-29-63(59-58-38)30-40-31-64(53(69)76-40)39-17-18-42(41(57)25-39)62-20-22-73-23-21-62/h17-18,25,29,32-37,40,43-50,52,65-67,70-71H,14-16,19-24,26-28,30-31H2,1-13H3/t32-,33-,34+,35-,36-,37+,40+,43+,44-,45+,46-,47+,48-,49+,50-,52+,54-,55-,56-/m1/s1. The van der Waals surface area contributed by atoms with Gasteiger partial charge in [0.25, 0.3) is 0 Å². The number of halogens is 1. The van der Waals surface area contributed by atoms with Crippen LogP contribution in [0.15, 0.2) is 24.4 Å². The quantitative estimate of drug-likeness (QED) is 0.160. The molecule has 0 unspecified atom stereocenters. The lowest BCUT2D eigenvalue weighted by Crippen LogP contribution is -2.60. The monoisotopic (exact) mass is 1120 g/mol. The van der Waals surface area contributed by atoms with E-state index in [1.807, 2.05) is 43.9 Å². The predicted molar refractivity (Wildman–Crippen MR) is 289 cm³/mol. The third-order valence-electron chi connectivity index (χ3n) is 17.5. The number of likely N-dealkylation sites (N-methyl/N-ethyl adjacent to an activating group) is 2. The summed E-state index contributed by atoms with van der Waals surface area (Å²) in [5.74, 6) is -3.27. The number of carbonyl (C=O) groups excluding carboxylic acids is 2. The lowest BCUT2D eigenvalue weighted by atomic mass is 9.77. The number of rotatable bonds is 15. The molecule has 5 fully saturated rings. The molecule has 7 rings (SSSR count). The Balaban J connectivity index is 1.05. The van der Waals surface area contributed by atoms with Gasteiger partial charge in [0.05, 0.1) is 84.9 Å². The molecule has 0 saturated carbocycles. The maximum atomic E-state index is 15.2. The minimum Gasteiger partial charge on any atom is -0.459 e. The second kappa shape index (κ2) is 26.3. The van der Waals surface area contributed by atoms with Crippen LogP contribution in [0.1, 0.15) is 107 Å². The first-order valence-electron chi connectivity index (χ1n) is 28.4. The zero-order chi connectivity index (χ0) is 57.9. The number of ether oxygens (including phenoxy) is 8. The van der Waals surface area contributed by atoms with Gasteiger partial charge in [0.1, 0.15) is 41.9 Å². The molecule has 79 heavy (non-hydrogen) atoms. The number of aliphatic hydroxyl groups excluding tert-OH is 3. The van der Waals surface area contributed by atoms with Gasteiger partial charge in [-0.25, -0.2) is 13.9 Å². The molecule has 23 heteroatoms. The molecule has 0 bridgehead atoms. The van der Waals surface area contributed by atoms with Crippen LogP contribution in [0.2, 0.25) is 0 Å². The van der Waals surface area contributed by atoms with Crippen LogP contribution in [-0.4, -0.2) is 226 Å². The SMILES string of the molecule is CC[C@H]1OC(=O)[C@H](C)[C@@H](O[C@H]2C[C@@](C)(OC)[C@@H](O)[C@H](C)O2)[C@H](C)[C@@H](O[C@@H]2O[C@H](C)C[C@H](N(C)CCCc3cn(C[C@H]4CN(c5ccc(N6CCOCC6)c(F)c5)C(=O)O4)nn3)[C@H]2O)[C@](C)(O)C[C@@H](C)CN(C)[C@H](C)[C@@H](O)[C@]1(C)O. The molecule has 1 aromatic carbocycles. The highest BCUT2D eigenvalue weighted by atomic mass is 19.1. The molecule has 19 atom stereocenters. The van der Waals surface area contributed by atoms with Crippen molar-refractivity contribution in [3.05, 3.63) is 35.9 Å². The molecule has 1 aromatic heterocycles. The van der Waals surface area contributed by atoms with Crippen molar-refractivity contribution < 1.29 is 77.4 Å². The van der Waals surface area contributed by atoms with E-state index >= 15 is 4.39 Å². The lowest BCUT2D eigenvalue weighted by molar-refractivity contribution is -0.318. The average molecular weight is 1120 g/mol. The van der Waals surface area contributed by atoms with Crippen LogP contribution in [0.4, 0.5) is 20.6 Å². The van der Waals surface area contributed by atoms with Crippen LogP contribution in [0.3, 0.4) is 0 Å². The van der Waals surface area contributed by atoms with Gasteiger partial charge in [0.2, 0.25) is 0 Å². The summed E-state index contributed by atoms with van der Waals surface area (Å²) in [6.07, 6.45) is -7.38. The van der Waals surface area contributed by atoms with E-state index in [4.69, 9.17) is 37.9 Å². The maximum Gasteiger partial charge on any atom is 0.414 e. The largest absolute Gasteiger partial charge is 0.459 e. The van der Waals surface area contributed by atoms with E-state index in [0.29, 0.717) is 70.0 Å². The first-order chi connectivity index (χ1) is 37.2. The third-order valence-corrected chi connectivity index (χ3v) is 17.5. The number of carbonyl (C=O) groups is 2. The Labute approximate surface area is 465 Å². The summed E-state index contributed by atoms with van der Waals surface area (Å²) >= 11 is 0. The van der Waals surface area contributed by atoms with E-state index < -0.39 is 120 Å². The molecule has 6 heterocycles. The van der Waals surface area contributed by atoms with Crippen molar-refractivity contribution in [2.45, 2.75) is 211 Å². The van der Waals surface area contributed by atoms with E-state index in [-0.39, 0.29) is 44.4 Å². The van der Waals surface area contributed by atoms with Crippen molar-refractivity contribution in [2.24, 2.45) is 17.8 Å². The second-order valence-corrected chi connectivity index (χ2v) is 24.1. The fourth-order valence-electron chi connectivity index (χ4n) is 12.6. The van der Waals surface area contributed by atoms with Gasteiger partial charge in [-0.05, 0) is 125 Å². The van der Waals surface area contributed by atoms with Gasteiger partial charge < -0.3 is 78.1 Å². The van der Waals surface area contributed by atoms with Crippen molar-refractivity contribution in [2.75, 3.05) is 76.9 Å². The molecule has 448 valence electrons. The van der Waals surface area contributed by atoms with Crippen molar-refractivity contribution >= 4 is 23.4 Å². The molecule has 0 spiro atoms. The summed E-state index contributed by atoms with van der Waals surface area (Å²) in [7, 11) is 5.25. The fourth-order valence-corrected chi connectivity index (χ4v) is 12.6. The second-order valence-electron chi connectivity index (χ2n) is 24.1. The van der Waals surface area contributed by atoms with Crippen LogP contribution in [0.25, 0.3) is 0 Å². The predicted octanol–water partition coefficient (Wildman–Crippen LogP) is 3.50. The number of morpholine rings is 1. The first-order valence-corrected chi connectivity index (χ1v) is 28.4. The van der Waals surface area contributed by atoms with Gasteiger partial charge in [0.15, 0.2) is 12.6 Å². The van der Waals surface area contributed by atoms with Crippen molar-refractivity contribution in [1.29, 1.82) is 0 Å². The van der Waals surface area contributed by atoms with Gasteiger partial charge in [0, 0.05) is 57.4 Å². The number of aryl methyl sites for hydroxylation is 1. The van der Waals surface area contributed by atoms with Crippen molar-refractivity contribution in [3.63, 3.8) is 0 Å². The van der Waals surface area contributed by atoms with E-state index in [1.54, 1.807) is 65.3 Å². The van der Waals surface area contributed by atoms with Crippen LogP contribution >= 0.6 is 0 Å².